The van der Waals surface area contributed by atoms with E-state index in [0.29, 0.717) is 6.04 Å². The Morgan fingerprint density at radius 3 is 2.67 bits per heavy atom. The van der Waals surface area contributed by atoms with Crippen molar-refractivity contribution in [1.82, 2.24) is 5.32 Å². The van der Waals surface area contributed by atoms with Crippen LogP contribution >= 0.6 is 0 Å². The summed E-state index contributed by atoms with van der Waals surface area (Å²) in [5, 5.41) is 6.05. The highest BCUT2D eigenvalue weighted by atomic mass is 14.9. The third-order valence-electron chi connectivity index (χ3n) is 3.07. The molecule has 2 aromatic carbocycles. The molecule has 0 aliphatic heterocycles. The van der Waals surface area contributed by atoms with Gasteiger partial charge in [0.2, 0.25) is 0 Å². The Labute approximate surface area is 110 Å². The lowest BCUT2D eigenvalue weighted by Gasteiger charge is -2.07. The average Bonchev–Trinajstić information content (AvgIpc) is 2.42. The van der Waals surface area contributed by atoms with E-state index in [2.05, 4.69) is 73.8 Å². The van der Waals surface area contributed by atoms with Crippen LogP contribution in [0.3, 0.4) is 0 Å². The van der Waals surface area contributed by atoms with Gasteiger partial charge in [-0.3, -0.25) is 0 Å². The quantitative estimate of drug-likeness (QED) is 0.823. The first kappa shape index (κ1) is 12.8. The van der Waals surface area contributed by atoms with E-state index in [1.165, 1.54) is 22.8 Å². The van der Waals surface area contributed by atoms with Crippen molar-refractivity contribution < 1.29 is 0 Å². The molecule has 0 aliphatic carbocycles. The van der Waals surface area contributed by atoms with Gasteiger partial charge in [0.05, 0.1) is 0 Å². The fraction of sp³-hybridized carbons (Fsp3) is 0.294. The summed E-state index contributed by atoms with van der Waals surface area (Å²) in [7, 11) is 0. The molecule has 0 bridgehead atoms. The van der Waals surface area contributed by atoms with Crippen LogP contribution in [0.1, 0.15) is 25.8 Å². The van der Waals surface area contributed by atoms with E-state index < -0.39 is 0 Å². The van der Waals surface area contributed by atoms with Crippen LogP contribution in [0.2, 0.25) is 0 Å². The normalized spacial score (nSPS) is 13.2. The van der Waals surface area contributed by atoms with Gasteiger partial charge in [0.1, 0.15) is 0 Å². The molecule has 0 saturated heterocycles. The lowest BCUT2D eigenvalue weighted by Crippen LogP contribution is -2.24. The monoisotopic (exact) mass is 239 g/mol. The number of hydrogen-bond donors (Lipinski definition) is 1. The topological polar surface area (TPSA) is 12.0 Å². The highest BCUT2D eigenvalue weighted by Crippen LogP contribution is 2.16. The van der Waals surface area contributed by atoms with Gasteiger partial charge in [0, 0.05) is 6.04 Å². The molecule has 18 heavy (non-hydrogen) atoms. The third kappa shape index (κ3) is 3.44. The van der Waals surface area contributed by atoms with Crippen LogP contribution in [0.5, 0.6) is 0 Å². The highest BCUT2D eigenvalue weighted by molar-refractivity contribution is 5.84. The molecule has 1 unspecified atom stereocenters. The molecule has 0 aromatic heterocycles. The van der Waals surface area contributed by atoms with Gasteiger partial charge in [-0.25, -0.2) is 0 Å². The predicted molar refractivity (Wildman–Crippen MR) is 80.7 cm³/mol. The molecule has 0 fully saturated rings. The van der Waals surface area contributed by atoms with Gasteiger partial charge in [-0.1, -0.05) is 55.5 Å². The van der Waals surface area contributed by atoms with Crippen molar-refractivity contribution in [3.63, 3.8) is 0 Å². The second-order valence-electron chi connectivity index (χ2n) is 4.71. The van der Waals surface area contributed by atoms with E-state index in [1.807, 2.05) is 0 Å². The molecule has 2 rings (SSSR count). The van der Waals surface area contributed by atoms with Crippen LogP contribution in [-0.4, -0.2) is 12.6 Å². The summed E-state index contributed by atoms with van der Waals surface area (Å²) >= 11 is 0. The molecule has 0 saturated carbocycles. The zero-order chi connectivity index (χ0) is 12.8. The van der Waals surface area contributed by atoms with Crippen molar-refractivity contribution in [2.45, 2.75) is 26.3 Å². The summed E-state index contributed by atoms with van der Waals surface area (Å²) in [5.41, 5.74) is 1.26. The zero-order valence-corrected chi connectivity index (χ0v) is 11.2. The minimum atomic E-state index is 0.427. The second-order valence-corrected chi connectivity index (χ2v) is 4.71. The summed E-state index contributed by atoms with van der Waals surface area (Å²) in [5.74, 6) is 0. The largest absolute Gasteiger partial charge is 0.311 e. The molecule has 94 valence electrons. The van der Waals surface area contributed by atoms with Crippen LogP contribution in [0.4, 0.5) is 0 Å². The first-order valence-corrected chi connectivity index (χ1v) is 6.70. The van der Waals surface area contributed by atoms with Crippen LogP contribution < -0.4 is 5.32 Å². The maximum atomic E-state index is 3.45. The Kier molecular flexibility index (Phi) is 4.54. The molecule has 0 spiro atoms. The molecular formula is C17H21N. The Bertz CT molecular complexity index is 528. The lowest BCUT2D eigenvalue weighted by molar-refractivity contribution is 0.625. The molecule has 1 nitrogen and oxygen atoms in total. The van der Waals surface area contributed by atoms with Crippen LogP contribution in [-0.2, 0) is 0 Å². The minimum Gasteiger partial charge on any atom is -0.311 e. The average molecular weight is 239 g/mol. The van der Waals surface area contributed by atoms with E-state index >= 15 is 0 Å². The number of benzene rings is 2. The maximum absolute atomic E-state index is 3.45. The summed E-state index contributed by atoms with van der Waals surface area (Å²) in [6, 6.07) is 15.5. The highest BCUT2D eigenvalue weighted by Gasteiger charge is 1.95. The van der Waals surface area contributed by atoms with Crippen LogP contribution in [0.25, 0.3) is 16.8 Å². The Morgan fingerprint density at radius 2 is 1.89 bits per heavy atom. The van der Waals surface area contributed by atoms with E-state index in [4.69, 9.17) is 0 Å². The first-order chi connectivity index (χ1) is 8.79. The number of hydrogen-bond acceptors (Lipinski definition) is 1. The van der Waals surface area contributed by atoms with Crippen molar-refractivity contribution >= 4 is 16.8 Å². The molecule has 0 heterocycles. The molecule has 0 amide bonds. The van der Waals surface area contributed by atoms with Crippen molar-refractivity contribution in [2.24, 2.45) is 0 Å². The zero-order valence-electron chi connectivity index (χ0n) is 11.2. The molecule has 0 aliphatic rings. The SMILES string of the molecule is CCCNC(C)/C=C/c1ccc2ccccc2c1. The fourth-order valence-corrected chi connectivity index (χ4v) is 2.01. The van der Waals surface area contributed by atoms with Gasteiger partial charge in [0.25, 0.3) is 0 Å². The first-order valence-electron chi connectivity index (χ1n) is 6.70. The Balaban J connectivity index is 2.09. The van der Waals surface area contributed by atoms with E-state index in [-0.39, 0.29) is 0 Å². The Morgan fingerprint density at radius 1 is 1.11 bits per heavy atom. The van der Waals surface area contributed by atoms with Crippen molar-refractivity contribution in [3.05, 3.63) is 54.1 Å². The maximum Gasteiger partial charge on any atom is 0.0224 e. The number of nitrogens with one attached hydrogen (secondary N) is 1. The fourth-order valence-electron chi connectivity index (χ4n) is 2.01. The van der Waals surface area contributed by atoms with Crippen molar-refractivity contribution in [2.75, 3.05) is 6.54 Å². The van der Waals surface area contributed by atoms with E-state index in [0.717, 1.165) is 6.54 Å². The Hall–Kier alpha value is -1.60. The summed E-state index contributed by atoms with van der Waals surface area (Å²) in [4.78, 5) is 0. The standard InChI is InChI=1S/C17H21N/c1-3-12-18-14(2)8-9-15-10-11-16-6-4-5-7-17(16)13-15/h4-11,13-14,18H,3,12H2,1-2H3/b9-8+. The van der Waals surface area contributed by atoms with E-state index in [9.17, 15) is 0 Å². The van der Waals surface area contributed by atoms with Gasteiger partial charge < -0.3 is 5.32 Å². The molecular weight excluding hydrogens is 218 g/mol. The smallest absolute Gasteiger partial charge is 0.0224 e. The second kappa shape index (κ2) is 6.36. The minimum absolute atomic E-state index is 0.427. The predicted octanol–water partition coefficient (Wildman–Crippen LogP) is 4.24. The van der Waals surface area contributed by atoms with Gasteiger partial charge in [-0.15, -0.1) is 0 Å². The van der Waals surface area contributed by atoms with Crippen LogP contribution in [0.15, 0.2) is 48.5 Å². The van der Waals surface area contributed by atoms with Gasteiger partial charge >= 0.3 is 0 Å². The molecule has 1 N–H and O–H groups in total. The van der Waals surface area contributed by atoms with Gasteiger partial charge in [-0.2, -0.15) is 0 Å². The van der Waals surface area contributed by atoms with Crippen LogP contribution in [0, 0.1) is 0 Å². The number of rotatable bonds is 5. The van der Waals surface area contributed by atoms with Crippen molar-refractivity contribution in [3.8, 4) is 0 Å². The third-order valence-corrected chi connectivity index (χ3v) is 3.07. The van der Waals surface area contributed by atoms with Gasteiger partial charge in [-0.05, 0) is 42.3 Å². The molecule has 1 heteroatoms. The molecule has 0 radical (unpaired) electrons. The molecule has 2 aromatic rings. The van der Waals surface area contributed by atoms with Crippen molar-refractivity contribution in [1.29, 1.82) is 0 Å². The summed E-state index contributed by atoms with van der Waals surface area (Å²) < 4.78 is 0. The molecule has 1 atom stereocenters. The lowest BCUT2D eigenvalue weighted by atomic mass is 10.1. The van der Waals surface area contributed by atoms with Gasteiger partial charge in [0.15, 0.2) is 0 Å². The summed E-state index contributed by atoms with van der Waals surface area (Å²) in [6.07, 6.45) is 5.59. The number of fused-ring (bicyclic) bond motifs is 1. The van der Waals surface area contributed by atoms with E-state index in [1.54, 1.807) is 0 Å². The summed E-state index contributed by atoms with van der Waals surface area (Å²) in [6.45, 7) is 5.45.